The van der Waals surface area contributed by atoms with Gasteiger partial charge in [-0.05, 0) is 30.2 Å². The van der Waals surface area contributed by atoms with Crippen LogP contribution in [-0.2, 0) is 10.0 Å². The monoisotopic (exact) mass is 311 g/mol. The summed E-state index contributed by atoms with van der Waals surface area (Å²) in [4.78, 5) is 0. The zero-order valence-electron chi connectivity index (χ0n) is 12.5. The molecule has 0 heterocycles. The average molecular weight is 311 g/mol. The second kappa shape index (κ2) is 7.38. The van der Waals surface area contributed by atoms with Crippen LogP contribution in [0.4, 0.5) is 0 Å². The Morgan fingerprint density at radius 3 is 2.48 bits per heavy atom. The smallest absolute Gasteiger partial charge is 0.212 e. The van der Waals surface area contributed by atoms with E-state index in [0.29, 0.717) is 0 Å². The molecule has 1 saturated carbocycles. The van der Waals surface area contributed by atoms with Crippen molar-refractivity contribution < 1.29 is 13.5 Å². The second-order valence-electron chi connectivity index (χ2n) is 6.05. The third-order valence-electron chi connectivity index (χ3n) is 4.29. The van der Waals surface area contributed by atoms with Crippen molar-refractivity contribution in [3.8, 4) is 0 Å². The van der Waals surface area contributed by atoms with Crippen LogP contribution in [0.2, 0.25) is 0 Å². The van der Waals surface area contributed by atoms with Gasteiger partial charge in [-0.2, -0.15) is 0 Å². The van der Waals surface area contributed by atoms with Crippen LogP contribution in [0.3, 0.4) is 0 Å². The molecule has 118 valence electrons. The number of aliphatic hydroxyl groups excluding tert-OH is 1. The molecule has 0 spiro atoms. The molecule has 0 amide bonds. The lowest BCUT2D eigenvalue weighted by molar-refractivity contribution is 0.115. The van der Waals surface area contributed by atoms with Gasteiger partial charge in [0.15, 0.2) is 0 Å². The average Bonchev–Trinajstić information content (AvgIpc) is 2.99. The minimum Gasteiger partial charge on any atom is -0.391 e. The fourth-order valence-electron chi connectivity index (χ4n) is 2.99. The van der Waals surface area contributed by atoms with Crippen molar-refractivity contribution in [3.63, 3.8) is 0 Å². The summed E-state index contributed by atoms with van der Waals surface area (Å²) in [5.41, 5.74) is 1.01. The Hall–Kier alpha value is -0.910. The maximum Gasteiger partial charge on any atom is 0.212 e. The highest BCUT2D eigenvalue weighted by Gasteiger charge is 2.25. The summed E-state index contributed by atoms with van der Waals surface area (Å²) < 4.78 is 26.8. The van der Waals surface area contributed by atoms with Crippen molar-refractivity contribution in [2.75, 3.05) is 12.3 Å². The molecule has 21 heavy (non-hydrogen) atoms. The van der Waals surface area contributed by atoms with Crippen LogP contribution in [0.5, 0.6) is 0 Å². The van der Waals surface area contributed by atoms with E-state index < -0.39 is 16.1 Å². The first-order chi connectivity index (χ1) is 9.98. The van der Waals surface area contributed by atoms with E-state index in [1.807, 2.05) is 37.3 Å². The van der Waals surface area contributed by atoms with Gasteiger partial charge in [0.25, 0.3) is 0 Å². The fourth-order valence-corrected chi connectivity index (χ4v) is 4.38. The molecule has 1 fully saturated rings. The summed E-state index contributed by atoms with van der Waals surface area (Å²) in [6, 6.07) is 9.62. The van der Waals surface area contributed by atoms with Gasteiger partial charge in [-0.3, -0.25) is 0 Å². The highest BCUT2D eigenvalue weighted by molar-refractivity contribution is 7.89. The molecule has 1 aromatic carbocycles. The van der Waals surface area contributed by atoms with E-state index in [1.165, 1.54) is 0 Å². The standard InChI is InChI=1S/C16H25NO3S/c1-13(14-7-3-2-4-8-14)12-21(19,20)17-11-16(18)15-9-5-6-10-15/h2-4,7-8,13,15-18H,5-6,9-12H2,1H3. The highest BCUT2D eigenvalue weighted by atomic mass is 32.2. The SMILES string of the molecule is CC(CS(=O)(=O)NCC(O)C1CCCC1)c1ccccc1. The lowest BCUT2D eigenvalue weighted by atomic mass is 10.0. The van der Waals surface area contributed by atoms with E-state index in [4.69, 9.17) is 0 Å². The van der Waals surface area contributed by atoms with Gasteiger partial charge < -0.3 is 5.11 Å². The molecule has 1 aliphatic rings. The molecule has 1 aliphatic carbocycles. The Kier molecular flexibility index (Phi) is 5.79. The molecule has 0 aromatic heterocycles. The van der Waals surface area contributed by atoms with Crippen molar-refractivity contribution in [2.24, 2.45) is 5.92 Å². The minimum atomic E-state index is -3.36. The van der Waals surface area contributed by atoms with Crippen molar-refractivity contribution in [3.05, 3.63) is 35.9 Å². The largest absolute Gasteiger partial charge is 0.391 e. The number of hydrogen-bond acceptors (Lipinski definition) is 3. The molecule has 2 N–H and O–H groups in total. The van der Waals surface area contributed by atoms with Crippen molar-refractivity contribution in [1.29, 1.82) is 0 Å². The zero-order chi connectivity index (χ0) is 15.3. The summed E-state index contributed by atoms with van der Waals surface area (Å²) in [5.74, 6) is 0.237. The van der Waals surface area contributed by atoms with E-state index in [0.717, 1.165) is 31.2 Å². The predicted octanol–water partition coefficient (Wildman–Crippen LogP) is 2.26. The first kappa shape index (κ1) is 16.5. The number of sulfonamides is 1. The highest BCUT2D eigenvalue weighted by Crippen LogP contribution is 2.27. The van der Waals surface area contributed by atoms with Crippen LogP contribution in [0.15, 0.2) is 30.3 Å². The van der Waals surface area contributed by atoms with Gasteiger partial charge in [0.1, 0.15) is 0 Å². The summed E-state index contributed by atoms with van der Waals surface area (Å²) in [6.45, 7) is 2.04. The molecule has 0 bridgehead atoms. The number of rotatable bonds is 7. The van der Waals surface area contributed by atoms with Gasteiger partial charge in [0.2, 0.25) is 10.0 Å². The topological polar surface area (TPSA) is 66.4 Å². The Morgan fingerprint density at radius 1 is 1.24 bits per heavy atom. The third kappa shape index (κ3) is 5.09. The van der Waals surface area contributed by atoms with Gasteiger partial charge in [-0.15, -0.1) is 0 Å². The molecule has 0 radical (unpaired) electrons. The minimum absolute atomic E-state index is 0.0500. The Balaban J connectivity index is 1.84. The van der Waals surface area contributed by atoms with Crippen LogP contribution in [0, 0.1) is 5.92 Å². The molecular weight excluding hydrogens is 286 g/mol. The van der Waals surface area contributed by atoms with Crippen LogP contribution < -0.4 is 4.72 Å². The first-order valence-corrected chi connectivity index (χ1v) is 9.33. The van der Waals surface area contributed by atoms with E-state index in [2.05, 4.69) is 4.72 Å². The molecule has 4 nitrogen and oxygen atoms in total. The third-order valence-corrected chi connectivity index (χ3v) is 5.84. The lowest BCUT2D eigenvalue weighted by Crippen LogP contribution is -2.37. The Labute approximate surface area is 127 Å². The Bertz CT molecular complexity index is 524. The molecule has 2 unspecified atom stereocenters. The maximum atomic E-state index is 12.1. The van der Waals surface area contributed by atoms with Crippen LogP contribution >= 0.6 is 0 Å². The van der Waals surface area contributed by atoms with Crippen molar-refractivity contribution >= 4 is 10.0 Å². The second-order valence-corrected chi connectivity index (χ2v) is 7.90. The van der Waals surface area contributed by atoms with E-state index in [1.54, 1.807) is 0 Å². The lowest BCUT2D eigenvalue weighted by Gasteiger charge is -2.19. The van der Waals surface area contributed by atoms with Crippen molar-refractivity contribution in [1.82, 2.24) is 4.72 Å². The molecule has 1 aromatic rings. The molecular formula is C16H25NO3S. The van der Waals surface area contributed by atoms with Gasteiger partial charge in [-0.25, -0.2) is 13.1 Å². The summed E-state index contributed by atoms with van der Waals surface area (Å²) in [5, 5.41) is 10.0. The summed E-state index contributed by atoms with van der Waals surface area (Å²) >= 11 is 0. The van der Waals surface area contributed by atoms with Crippen LogP contribution in [0.25, 0.3) is 0 Å². The normalized spacial score (nSPS) is 19.5. The van der Waals surface area contributed by atoms with Gasteiger partial charge in [-0.1, -0.05) is 50.1 Å². The number of benzene rings is 1. The molecule has 0 aliphatic heterocycles. The van der Waals surface area contributed by atoms with Crippen LogP contribution in [0.1, 0.15) is 44.1 Å². The predicted molar refractivity (Wildman–Crippen MR) is 84.6 cm³/mol. The van der Waals surface area contributed by atoms with E-state index in [-0.39, 0.29) is 24.1 Å². The van der Waals surface area contributed by atoms with Gasteiger partial charge >= 0.3 is 0 Å². The first-order valence-electron chi connectivity index (χ1n) is 7.68. The van der Waals surface area contributed by atoms with Crippen LogP contribution in [-0.4, -0.2) is 31.9 Å². The maximum absolute atomic E-state index is 12.1. The quantitative estimate of drug-likeness (QED) is 0.812. The summed E-state index contributed by atoms with van der Waals surface area (Å²) in [6.07, 6.45) is 3.72. The number of nitrogens with one attached hydrogen (secondary N) is 1. The zero-order valence-corrected chi connectivity index (χ0v) is 13.3. The number of aliphatic hydroxyl groups is 1. The van der Waals surface area contributed by atoms with E-state index >= 15 is 0 Å². The molecule has 0 saturated heterocycles. The molecule has 2 atom stereocenters. The Morgan fingerprint density at radius 2 is 1.86 bits per heavy atom. The molecule has 5 heteroatoms. The van der Waals surface area contributed by atoms with Crippen molar-refractivity contribution in [2.45, 2.75) is 44.6 Å². The van der Waals surface area contributed by atoms with Gasteiger partial charge in [0.05, 0.1) is 11.9 Å². The fraction of sp³-hybridized carbons (Fsp3) is 0.625. The summed E-state index contributed by atoms with van der Waals surface area (Å²) in [7, 11) is -3.36. The van der Waals surface area contributed by atoms with E-state index in [9.17, 15) is 13.5 Å². The number of hydrogen-bond donors (Lipinski definition) is 2. The molecule has 2 rings (SSSR count). The van der Waals surface area contributed by atoms with Gasteiger partial charge in [0, 0.05) is 6.54 Å².